The summed E-state index contributed by atoms with van der Waals surface area (Å²) in [6, 6.07) is 0.292. The fourth-order valence-corrected chi connectivity index (χ4v) is 3.33. The molecule has 2 aliphatic rings. The minimum Gasteiger partial charge on any atom is -0.344 e. The lowest BCUT2D eigenvalue weighted by Gasteiger charge is -2.39. The highest BCUT2D eigenvalue weighted by Gasteiger charge is 2.31. The van der Waals surface area contributed by atoms with Gasteiger partial charge in [0.05, 0.1) is 0 Å². The number of carbonyl (C=O) groups excluding carboxylic acids is 2. The molecule has 0 spiro atoms. The van der Waals surface area contributed by atoms with Gasteiger partial charge in [-0.2, -0.15) is 0 Å². The first-order chi connectivity index (χ1) is 10.3. The average molecular weight is 309 g/mol. The van der Waals surface area contributed by atoms with Crippen molar-refractivity contribution in [1.82, 2.24) is 15.1 Å². The predicted molar refractivity (Wildman–Crippen MR) is 87.5 cm³/mol. The molecule has 1 aliphatic carbocycles. The zero-order valence-electron chi connectivity index (χ0n) is 14.5. The maximum absolute atomic E-state index is 12.5. The molecule has 2 rings (SSSR count). The molecule has 1 N–H and O–H groups in total. The van der Waals surface area contributed by atoms with E-state index in [0.29, 0.717) is 0 Å². The van der Waals surface area contributed by atoms with Crippen molar-refractivity contribution in [3.05, 3.63) is 0 Å². The molecule has 1 aliphatic heterocycles. The van der Waals surface area contributed by atoms with Gasteiger partial charge in [-0.1, -0.05) is 33.6 Å². The Morgan fingerprint density at radius 1 is 1.05 bits per heavy atom. The van der Waals surface area contributed by atoms with Crippen molar-refractivity contribution in [2.75, 3.05) is 26.2 Å². The van der Waals surface area contributed by atoms with Crippen LogP contribution in [0, 0.1) is 5.41 Å². The van der Waals surface area contributed by atoms with Crippen molar-refractivity contribution < 1.29 is 9.59 Å². The average Bonchev–Trinajstić information content (AvgIpc) is 2.99. The summed E-state index contributed by atoms with van der Waals surface area (Å²) >= 11 is 0. The van der Waals surface area contributed by atoms with Gasteiger partial charge in [0.25, 0.3) is 0 Å². The van der Waals surface area contributed by atoms with Gasteiger partial charge < -0.3 is 10.2 Å². The van der Waals surface area contributed by atoms with E-state index in [1.54, 1.807) is 6.92 Å². The molecular weight excluding hydrogens is 278 g/mol. The molecule has 0 radical (unpaired) electrons. The molecule has 5 heteroatoms. The molecule has 1 saturated carbocycles. The maximum atomic E-state index is 12.5. The van der Waals surface area contributed by atoms with Crippen LogP contribution >= 0.6 is 0 Å². The smallest absolute Gasteiger partial charge is 0.244 e. The van der Waals surface area contributed by atoms with Gasteiger partial charge >= 0.3 is 0 Å². The Bertz CT molecular complexity index is 403. The molecule has 1 atom stereocenters. The molecule has 22 heavy (non-hydrogen) atoms. The summed E-state index contributed by atoms with van der Waals surface area (Å²) in [7, 11) is 0. The Kier molecular flexibility index (Phi) is 5.48. The normalized spacial score (nSPS) is 22.6. The SMILES string of the molecule is CC(NC(=O)C(C)(C)C)C(=O)N1CCN(C2CCCC2)CC1. The first kappa shape index (κ1) is 17.3. The van der Waals surface area contributed by atoms with Crippen LogP contribution in [0.4, 0.5) is 0 Å². The Balaban J connectivity index is 1.80. The molecule has 2 fully saturated rings. The Hall–Kier alpha value is -1.10. The van der Waals surface area contributed by atoms with Crippen LogP contribution in [0.25, 0.3) is 0 Å². The monoisotopic (exact) mass is 309 g/mol. The highest BCUT2D eigenvalue weighted by Crippen LogP contribution is 2.24. The molecule has 2 amide bonds. The van der Waals surface area contributed by atoms with Gasteiger partial charge in [0.1, 0.15) is 6.04 Å². The number of nitrogens with one attached hydrogen (secondary N) is 1. The molecule has 0 aromatic heterocycles. The van der Waals surface area contributed by atoms with Crippen LogP contribution in [0.3, 0.4) is 0 Å². The molecule has 0 aromatic carbocycles. The van der Waals surface area contributed by atoms with Crippen LogP contribution in [0.5, 0.6) is 0 Å². The summed E-state index contributed by atoms with van der Waals surface area (Å²) in [5.74, 6) is -0.0263. The molecule has 1 saturated heterocycles. The summed E-state index contributed by atoms with van der Waals surface area (Å²) in [5.41, 5.74) is -0.463. The molecular formula is C17H31N3O2. The minimum absolute atomic E-state index is 0.0451. The van der Waals surface area contributed by atoms with Gasteiger partial charge in [-0.3, -0.25) is 14.5 Å². The van der Waals surface area contributed by atoms with Crippen LogP contribution in [-0.4, -0.2) is 59.9 Å². The maximum Gasteiger partial charge on any atom is 0.244 e. The number of amides is 2. The molecule has 0 aromatic rings. The molecule has 1 unspecified atom stereocenters. The number of nitrogens with zero attached hydrogens (tertiary/aromatic N) is 2. The quantitative estimate of drug-likeness (QED) is 0.862. The van der Waals surface area contributed by atoms with Gasteiger partial charge in [0.15, 0.2) is 0 Å². The van der Waals surface area contributed by atoms with E-state index in [1.807, 2.05) is 25.7 Å². The van der Waals surface area contributed by atoms with Crippen LogP contribution in [0.1, 0.15) is 53.4 Å². The fraction of sp³-hybridized carbons (Fsp3) is 0.882. The first-order valence-corrected chi connectivity index (χ1v) is 8.63. The molecule has 126 valence electrons. The summed E-state index contributed by atoms with van der Waals surface area (Å²) in [6.07, 6.45) is 5.32. The second-order valence-electron chi connectivity index (χ2n) is 7.74. The molecule has 5 nitrogen and oxygen atoms in total. The number of rotatable bonds is 3. The van der Waals surface area contributed by atoms with E-state index in [1.165, 1.54) is 25.7 Å². The van der Waals surface area contributed by atoms with Crippen LogP contribution in [0.15, 0.2) is 0 Å². The van der Waals surface area contributed by atoms with Crippen molar-refractivity contribution in [2.24, 2.45) is 5.41 Å². The Morgan fingerprint density at radius 2 is 1.59 bits per heavy atom. The fourth-order valence-electron chi connectivity index (χ4n) is 3.33. The van der Waals surface area contributed by atoms with E-state index in [-0.39, 0.29) is 11.8 Å². The van der Waals surface area contributed by atoms with Gasteiger partial charge in [-0.05, 0) is 19.8 Å². The molecule has 1 heterocycles. The molecule has 0 bridgehead atoms. The highest BCUT2D eigenvalue weighted by atomic mass is 16.2. The topological polar surface area (TPSA) is 52.7 Å². The standard InChI is InChI=1S/C17H31N3O2/c1-13(18-16(22)17(2,3)4)15(21)20-11-9-19(10-12-20)14-7-5-6-8-14/h13-14H,5-12H2,1-4H3,(H,18,22). The van der Waals surface area contributed by atoms with Crippen LogP contribution < -0.4 is 5.32 Å². The summed E-state index contributed by atoms with van der Waals surface area (Å²) in [4.78, 5) is 28.9. The van der Waals surface area contributed by atoms with E-state index >= 15 is 0 Å². The highest BCUT2D eigenvalue weighted by molar-refractivity contribution is 5.89. The van der Waals surface area contributed by atoms with Crippen molar-refractivity contribution >= 4 is 11.8 Å². The van der Waals surface area contributed by atoms with Gasteiger partial charge in [0, 0.05) is 37.6 Å². The van der Waals surface area contributed by atoms with Crippen molar-refractivity contribution in [3.63, 3.8) is 0 Å². The van der Waals surface area contributed by atoms with E-state index < -0.39 is 11.5 Å². The van der Waals surface area contributed by atoms with E-state index in [4.69, 9.17) is 0 Å². The Labute approximate surface area is 134 Å². The first-order valence-electron chi connectivity index (χ1n) is 8.63. The third-order valence-electron chi connectivity index (χ3n) is 4.87. The summed E-state index contributed by atoms with van der Waals surface area (Å²) in [5, 5.41) is 2.84. The van der Waals surface area contributed by atoms with E-state index in [9.17, 15) is 9.59 Å². The summed E-state index contributed by atoms with van der Waals surface area (Å²) in [6.45, 7) is 10.9. The van der Waals surface area contributed by atoms with Gasteiger partial charge in [0.2, 0.25) is 11.8 Å². The summed E-state index contributed by atoms with van der Waals surface area (Å²) < 4.78 is 0. The minimum atomic E-state index is -0.463. The Morgan fingerprint density at radius 3 is 2.09 bits per heavy atom. The second kappa shape index (κ2) is 6.99. The zero-order chi connectivity index (χ0) is 16.3. The van der Waals surface area contributed by atoms with E-state index in [2.05, 4.69) is 10.2 Å². The van der Waals surface area contributed by atoms with Crippen LogP contribution in [-0.2, 0) is 9.59 Å². The number of hydrogen-bond donors (Lipinski definition) is 1. The van der Waals surface area contributed by atoms with Crippen molar-refractivity contribution in [2.45, 2.75) is 65.5 Å². The van der Waals surface area contributed by atoms with Gasteiger partial charge in [-0.15, -0.1) is 0 Å². The second-order valence-corrected chi connectivity index (χ2v) is 7.74. The zero-order valence-corrected chi connectivity index (χ0v) is 14.5. The van der Waals surface area contributed by atoms with Crippen molar-refractivity contribution in [1.29, 1.82) is 0 Å². The largest absolute Gasteiger partial charge is 0.344 e. The number of hydrogen-bond acceptors (Lipinski definition) is 3. The van der Waals surface area contributed by atoms with E-state index in [0.717, 1.165) is 32.2 Å². The number of carbonyl (C=O) groups is 2. The van der Waals surface area contributed by atoms with Crippen molar-refractivity contribution in [3.8, 4) is 0 Å². The van der Waals surface area contributed by atoms with Gasteiger partial charge in [-0.25, -0.2) is 0 Å². The third-order valence-corrected chi connectivity index (χ3v) is 4.87. The number of piperazine rings is 1. The lowest BCUT2D eigenvalue weighted by Crippen LogP contribution is -2.56. The lowest BCUT2D eigenvalue weighted by molar-refractivity contribution is -0.139. The predicted octanol–water partition coefficient (Wildman–Crippen LogP) is 1.62. The van der Waals surface area contributed by atoms with Crippen LogP contribution in [0.2, 0.25) is 0 Å². The third kappa shape index (κ3) is 4.22. The lowest BCUT2D eigenvalue weighted by atomic mass is 9.95.